The number of rotatable bonds is 3. The maximum absolute atomic E-state index is 12.6. The number of hydrogen-bond acceptors (Lipinski definition) is 6. The number of H-pyrrole nitrogens is 1. The second-order valence-electron chi connectivity index (χ2n) is 6.03. The van der Waals surface area contributed by atoms with Crippen molar-refractivity contribution < 1.29 is 8.42 Å². The Hall–Kier alpha value is -2.52. The fourth-order valence-electron chi connectivity index (χ4n) is 3.07. The molecule has 1 aliphatic heterocycles. The first-order chi connectivity index (χ1) is 12.1. The molecule has 1 N–H and O–H groups in total. The summed E-state index contributed by atoms with van der Waals surface area (Å²) in [5, 5.41) is 7.37. The van der Waals surface area contributed by atoms with Gasteiger partial charge >= 0.3 is 0 Å². The van der Waals surface area contributed by atoms with Crippen molar-refractivity contribution >= 4 is 26.7 Å². The van der Waals surface area contributed by atoms with Gasteiger partial charge in [-0.15, -0.1) is 0 Å². The lowest BCUT2D eigenvalue weighted by atomic mass is 10.1. The van der Waals surface area contributed by atoms with E-state index in [-0.39, 0.29) is 5.03 Å². The Morgan fingerprint density at radius 2 is 1.88 bits per heavy atom. The van der Waals surface area contributed by atoms with Crippen molar-refractivity contribution in [3.05, 3.63) is 42.4 Å². The largest absolute Gasteiger partial charge is 0.353 e. The second-order valence-corrected chi connectivity index (χ2v) is 7.94. The summed E-state index contributed by atoms with van der Waals surface area (Å²) in [6, 6.07) is 7.56. The highest BCUT2D eigenvalue weighted by molar-refractivity contribution is 7.89. The second kappa shape index (κ2) is 6.08. The van der Waals surface area contributed by atoms with Gasteiger partial charge < -0.3 is 4.90 Å². The predicted octanol–water partition coefficient (Wildman–Crippen LogP) is 1.17. The van der Waals surface area contributed by atoms with Crippen LogP contribution in [0.15, 0.2) is 41.8 Å². The summed E-state index contributed by atoms with van der Waals surface area (Å²) in [6.07, 6.45) is 3.00. The average molecular weight is 358 g/mol. The van der Waals surface area contributed by atoms with Gasteiger partial charge in [0.1, 0.15) is 12.1 Å². The molecule has 1 aliphatic rings. The molecule has 1 saturated heterocycles. The zero-order valence-corrected chi connectivity index (χ0v) is 14.6. The monoisotopic (exact) mass is 358 g/mol. The molecular formula is C16H18N6O2S. The van der Waals surface area contributed by atoms with Crippen LogP contribution < -0.4 is 4.90 Å². The highest BCUT2D eigenvalue weighted by Gasteiger charge is 2.30. The Balaban J connectivity index is 1.57. The van der Waals surface area contributed by atoms with E-state index in [1.165, 1.54) is 16.6 Å². The van der Waals surface area contributed by atoms with Gasteiger partial charge in [0.2, 0.25) is 0 Å². The maximum atomic E-state index is 12.6. The number of hydrogen-bond donors (Lipinski definition) is 1. The summed E-state index contributed by atoms with van der Waals surface area (Å²) in [5.41, 5.74) is 2.05. The van der Waals surface area contributed by atoms with E-state index >= 15 is 0 Å². The molecule has 3 heterocycles. The lowest BCUT2D eigenvalue weighted by molar-refractivity contribution is 0.382. The van der Waals surface area contributed by atoms with Crippen LogP contribution in [-0.2, 0) is 10.0 Å². The minimum absolute atomic E-state index is 0.129. The van der Waals surface area contributed by atoms with Crippen LogP contribution in [0.4, 0.5) is 5.82 Å². The molecule has 9 heteroatoms. The van der Waals surface area contributed by atoms with Crippen LogP contribution in [0.25, 0.3) is 10.9 Å². The number of nitrogens with one attached hydrogen (secondary N) is 1. The topological polar surface area (TPSA) is 95.1 Å². The molecule has 0 bridgehead atoms. The predicted molar refractivity (Wildman–Crippen MR) is 93.8 cm³/mol. The molecule has 25 heavy (non-hydrogen) atoms. The third kappa shape index (κ3) is 2.85. The SMILES string of the molecule is Cc1ccc2c(N3CCN(S(=O)(=O)c4ccn[nH]4)CC3)ncnc2c1. The maximum Gasteiger partial charge on any atom is 0.260 e. The van der Waals surface area contributed by atoms with Crippen LogP contribution in [0.5, 0.6) is 0 Å². The number of aromatic amines is 1. The highest BCUT2D eigenvalue weighted by Crippen LogP contribution is 2.25. The van der Waals surface area contributed by atoms with E-state index in [1.54, 1.807) is 6.33 Å². The number of aromatic nitrogens is 4. The number of piperazine rings is 1. The smallest absolute Gasteiger partial charge is 0.260 e. The molecule has 0 aliphatic carbocycles. The number of benzene rings is 1. The minimum atomic E-state index is -3.52. The molecule has 1 fully saturated rings. The quantitative estimate of drug-likeness (QED) is 0.755. The molecule has 1 aromatic carbocycles. The Morgan fingerprint density at radius 1 is 1.08 bits per heavy atom. The van der Waals surface area contributed by atoms with Gasteiger partial charge in [-0.1, -0.05) is 6.07 Å². The molecule has 0 atom stereocenters. The molecule has 3 aromatic rings. The fourth-order valence-corrected chi connectivity index (χ4v) is 4.39. The van der Waals surface area contributed by atoms with Crippen LogP contribution >= 0.6 is 0 Å². The van der Waals surface area contributed by atoms with E-state index in [0.29, 0.717) is 26.2 Å². The standard InChI is InChI=1S/C16H18N6O2S/c1-12-2-3-13-14(10-12)17-11-18-16(13)21-6-8-22(9-7-21)25(23,24)15-4-5-19-20-15/h2-5,10-11H,6-9H2,1H3,(H,19,20). The van der Waals surface area contributed by atoms with Crippen molar-refractivity contribution in [2.75, 3.05) is 31.1 Å². The van der Waals surface area contributed by atoms with Gasteiger partial charge in [-0.05, 0) is 30.7 Å². The van der Waals surface area contributed by atoms with Crippen LogP contribution in [0.2, 0.25) is 0 Å². The van der Waals surface area contributed by atoms with E-state index in [2.05, 4.69) is 25.1 Å². The molecule has 0 radical (unpaired) electrons. The van der Waals surface area contributed by atoms with Crippen molar-refractivity contribution in [2.45, 2.75) is 11.9 Å². The number of aryl methyl sites for hydroxylation is 1. The fraction of sp³-hybridized carbons (Fsp3) is 0.312. The Morgan fingerprint density at radius 3 is 2.60 bits per heavy atom. The minimum Gasteiger partial charge on any atom is -0.353 e. The van der Waals surface area contributed by atoms with Crippen molar-refractivity contribution in [3.8, 4) is 0 Å². The summed E-state index contributed by atoms with van der Waals surface area (Å²) >= 11 is 0. The normalized spacial score (nSPS) is 16.4. The molecular weight excluding hydrogens is 340 g/mol. The third-order valence-electron chi connectivity index (χ3n) is 4.40. The first kappa shape index (κ1) is 16.0. The van der Waals surface area contributed by atoms with Gasteiger partial charge in [0.15, 0.2) is 5.03 Å². The van der Waals surface area contributed by atoms with Crippen molar-refractivity contribution in [1.29, 1.82) is 0 Å². The summed E-state index contributed by atoms with van der Waals surface area (Å²) in [5.74, 6) is 0.851. The summed E-state index contributed by atoms with van der Waals surface area (Å²) in [6.45, 7) is 3.98. The van der Waals surface area contributed by atoms with E-state index in [0.717, 1.165) is 22.3 Å². The Labute approximate surface area is 145 Å². The summed E-state index contributed by atoms with van der Waals surface area (Å²) in [4.78, 5) is 10.9. The zero-order chi connectivity index (χ0) is 17.4. The van der Waals surface area contributed by atoms with Gasteiger partial charge in [0.25, 0.3) is 10.0 Å². The summed E-state index contributed by atoms with van der Waals surface area (Å²) < 4.78 is 26.6. The highest BCUT2D eigenvalue weighted by atomic mass is 32.2. The van der Waals surface area contributed by atoms with Crippen molar-refractivity contribution in [3.63, 3.8) is 0 Å². The zero-order valence-electron chi connectivity index (χ0n) is 13.8. The number of nitrogens with zero attached hydrogens (tertiary/aromatic N) is 5. The van der Waals surface area contributed by atoms with Gasteiger partial charge in [0, 0.05) is 31.6 Å². The Bertz CT molecular complexity index is 995. The van der Waals surface area contributed by atoms with Crippen LogP contribution in [0.3, 0.4) is 0 Å². The molecule has 0 spiro atoms. The number of anilines is 1. The van der Waals surface area contributed by atoms with E-state index in [9.17, 15) is 8.42 Å². The van der Waals surface area contributed by atoms with Gasteiger partial charge in [0.05, 0.1) is 11.7 Å². The lowest BCUT2D eigenvalue weighted by Gasteiger charge is -2.34. The molecule has 2 aromatic heterocycles. The molecule has 8 nitrogen and oxygen atoms in total. The number of sulfonamides is 1. The van der Waals surface area contributed by atoms with Gasteiger partial charge in [-0.25, -0.2) is 18.4 Å². The van der Waals surface area contributed by atoms with Crippen LogP contribution in [-0.4, -0.2) is 59.1 Å². The van der Waals surface area contributed by atoms with Crippen LogP contribution in [0, 0.1) is 6.92 Å². The molecule has 0 amide bonds. The first-order valence-electron chi connectivity index (χ1n) is 8.01. The first-order valence-corrected chi connectivity index (χ1v) is 9.45. The molecule has 0 saturated carbocycles. The van der Waals surface area contributed by atoms with Crippen molar-refractivity contribution in [2.24, 2.45) is 0 Å². The average Bonchev–Trinajstić information content (AvgIpc) is 3.16. The lowest BCUT2D eigenvalue weighted by Crippen LogP contribution is -2.49. The van der Waals surface area contributed by atoms with Gasteiger partial charge in [-0.3, -0.25) is 5.10 Å². The summed E-state index contributed by atoms with van der Waals surface area (Å²) in [7, 11) is -3.52. The van der Waals surface area contributed by atoms with E-state index in [4.69, 9.17) is 0 Å². The molecule has 4 rings (SSSR count). The molecule has 0 unspecified atom stereocenters. The molecule has 130 valence electrons. The van der Waals surface area contributed by atoms with Crippen LogP contribution in [0.1, 0.15) is 5.56 Å². The van der Waals surface area contributed by atoms with Crippen molar-refractivity contribution in [1.82, 2.24) is 24.5 Å². The third-order valence-corrected chi connectivity index (χ3v) is 6.23. The van der Waals surface area contributed by atoms with E-state index in [1.807, 2.05) is 25.1 Å². The van der Waals surface area contributed by atoms with E-state index < -0.39 is 10.0 Å². The Kier molecular flexibility index (Phi) is 3.89. The van der Waals surface area contributed by atoms with Gasteiger partial charge in [-0.2, -0.15) is 9.40 Å². The number of fused-ring (bicyclic) bond motifs is 1.